The number of hydrogen-bond acceptors (Lipinski definition) is 2. The molecule has 0 atom stereocenters. The van der Waals surface area contributed by atoms with E-state index in [0.29, 0.717) is 0 Å². The molecule has 1 aromatic heterocycles. The van der Waals surface area contributed by atoms with Gasteiger partial charge in [0, 0.05) is 31.9 Å². The predicted molar refractivity (Wildman–Crippen MR) is 53.2 cm³/mol. The number of rotatable bonds is 6. The first kappa shape index (κ1) is 9.82. The summed E-state index contributed by atoms with van der Waals surface area (Å²) in [5, 5.41) is 7.37. The van der Waals surface area contributed by atoms with Gasteiger partial charge in [0.25, 0.3) is 0 Å². The van der Waals surface area contributed by atoms with Crippen molar-refractivity contribution in [2.75, 3.05) is 13.1 Å². The number of nitrogens with one attached hydrogen (secondary N) is 1. The van der Waals surface area contributed by atoms with Gasteiger partial charge in [0.15, 0.2) is 0 Å². The summed E-state index contributed by atoms with van der Waals surface area (Å²) in [6.45, 7) is 2.88. The van der Waals surface area contributed by atoms with Gasteiger partial charge in [-0.15, -0.1) is 12.3 Å². The lowest BCUT2D eigenvalue weighted by atomic mass is 10.4. The lowest BCUT2D eigenvalue weighted by molar-refractivity contribution is 0.546. The maximum atomic E-state index is 5.12. The molecule has 0 fully saturated rings. The molecule has 1 rings (SSSR count). The second-order valence-electron chi connectivity index (χ2n) is 2.83. The van der Waals surface area contributed by atoms with Crippen LogP contribution in [0.25, 0.3) is 0 Å². The van der Waals surface area contributed by atoms with E-state index in [2.05, 4.69) is 16.3 Å². The second kappa shape index (κ2) is 6.27. The van der Waals surface area contributed by atoms with Gasteiger partial charge in [0.05, 0.1) is 0 Å². The number of aryl methyl sites for hydroxylation is 1. The predicted octanol–water partition coefficient (Wildman–Crippen LogP) is 0.886. The highest BCUT2D eigenvalue weighted by atomic mass is 15.3. The SMILES string of the molecule is C#CCCNCCCn1cccn1. The molecule has 13 heavy (non-hydrogen) atoms. The maximum absolute atomic E-state index is 5.12. The van der Waals surface area contributed by atoms with Gasteiger partial charge in [0.1, 0.15) is 0 Å². The summed E-state index contributed by atoms with van der Waals surface area (Å²) in [6, 6.07) is 1.94. The molecule has 1 aromatic rings. The van der Waals surface area contributed by atoms with Crippen LogP contribution in [-0.4, -0.2) is 22.9 Å². The molecule has 0 amide bonds. The Labute approximate surface area is 79.1 Å². The lowest BCUT2D eigenvalue weighted by Gasteiger charge is -2.02. The van der Waals surface area contributed by atoms with E-state index in [4.69, 9.17) is 6.42 Å². The third-order valence-electron chi connectivity index (χ3n) is 1.75. The van der Waals surface area contributed by atoms with Crippen molar-refractivity contribution in [1.29, 1.82) is 0 Å². The molecule has 0 aliphatic heterocycles. The van der Waals surface area contributed by atoms with Crippen molar-refractivity contribution in [3.05, 3.63) is 18.5 Å². The second-order valence-corrected chi connectivity index (χ2v) is 2.83. The number of nitrogens with zero attached hydrogens (tertiary/aromatic N) is 2. The molecule has 0 radical (unpaired) electrons. The van der Waals surface area contributed by atoms with Gasteiger partial charge >= 0.3 is 0 Å². The van der Waals surface area contributed by atoms with Gasteiger partial charge in [-0.1, -0.05) is 0 Å². The minimum atomic E-state index is 0.807. The number of hydrogen-bond donors (Lipinski definition) is 1. The molecule has 3 nitrogen and oxygen atoms in total. The first-order valence-corrected chi connectivity index (χ1v) is 4.55. The third-order valence-corrected chi connectivity index (χ3v) is 1.75. The summed E-state index contributed by atoms with van der Waals surface area (Å²) in [5.41, 5.74) is 0. The summed E-state index contributed by atoms with van der Waals surface area (Å²) >= 11 is 0. The fraction of sp³-hybridized carbons (Fsp3) is 0.500. The molecular weight excluding hydrogens is 162 g/mol. The van der Waals surface area contributed by atoms with Gasteiger partial charge in [-0.2, -0.15) is 5.10 Å². The van der Waals surface area contributed by atoms with Crippen molar-refractivity contribution in [1.82, 2.24) is 15.1 Å². The van der Waals surface area contributed by atoms with E-state index in [1.54, 1.807) is 6.20 Å². The third kappa shape index (κ3) is 4.34. The first-order valence-electron chi connectivity index (χ1n) is 4.55. The highest BCUT2D eigenvalue weighted by Crippen LogP contribution is 1.87. The molecule has 0 spiro atoms. The molecule has 0 bridgehead atoms. The fourth-order valence-corrected chi connectivity index (χ4v) is 1.08. The van der Waals surface area contributed by atoms with Crippen LogP contribution in [0.5, 0.6) is 0 Å². The van der Waals surface area contributed by atoms with Crippen LogP contribution in [0.4, 0.5) is 0 Å². The Morgan fingerprint density at radius 3 is 3.08 bits per heavy atom. The van der Waals surface area contributed by atoms with Crippen LogP contribution < -0.4 is 5.32 Å². The van der Waals surface area contributed by atoms with E-state index in [9.17, 15) is 0 Å². The Hall–Kier alpha value is -1.27. The zero-order valence-electron chi connectivity index (χ0n) is 7.74. The first-order chi connectivity index (χ1) is 6.43. The smallest absolute Gasteiger partial charge is 0.0489 e. The van der Waals surface area contributed by atoms with Crippen molar-refractivity contribution < 1.29 is 0 Å². The van der Waals surface area contributed by atoms with Crippen molar-refractivity contribution in [3.63, 3.8) is 0 Å². The van der Waals surface area contributed by atoms with E-state index in [-0.39, 0.29) is 0 Å². The molecule has 3 heteroatoms. The zero-order chi connectivity index (χ0) is 9.36. The summed E-state index contributed by atoms with van der Waals surface area (Å²) in [6.07, 6.45) is 10.8. The monoisotopic (exact) mass is 177 g/mol. The van der Waals surface area contributed by atoms with Crippen LogP contribution in [0.2, 0.25) is 0 Å². The summed E-state index contributed by atoms with van der Waals surface area (Å²) in [5.74, 6) is 2.59. The zero-order valence-corrected chi connectivity index (χ0v) is 7.74. The molecule has 70 valence electrons. The largest absolute Gasteiger partial charge is 0.316 e. The standard InChI is InChI=1S/C10H15N3/c1-2-3-6-11-7-4-9-13-10-5-8-12-13/h1,5,8,10-11H,3-4,6-7,9H2. The van der Waals surface area contributed by atoms with Crippen LogP contribution in [0, 0.1) is 12.3 Å². The van der Waals surface area contributed by atoms with Crippen LogP contribution in [0.15, 0.2) is 18.5 Å². The average molecular weight is 177 g/mol. The highest BCUT2D eigenvalue weighted by Gasteiger charge is 1.89. The molecular formula is C10H15N3. The summed E-state index contributed by atoms with van der Waals surface area (Å²) < 4.78 is 1.93. The summed E-state index contributed by atoms with van der Waals surface area (Å²) in [4.78, 5) is 0. The van der Waals surface area contributed by atoms with Gasteiger partial charge in [-0.05, 0) is 19.0 Å². The molecule has 0 aromatic carbocycles. The number of terminal acetylenes is 1. The Bertz CT molecular complexity index is 246. The molecule has 1 N–H and O–H groups in total. The van der Waals surface area contributed by atoms with Gasteiger partial charge in [-0.3, -0.25) is 4.68 Å². The van der Waals surface area contributed by atoms with Crippen LogP contribution in [0.3, 0.4) is 0 Å². The normalized spacial score (nSPS) is 9.77. The molecule has 1 heterocycles. The lowest BCUT2D eigenvalue weighted by Crippen LogP contribution is -2.17. The topological polar surface area (TPSA) is 29.9 Å². The van der Waals surface area contributed by atoms with Crippen LogP contribution in [0.1, 0.15) is 12.8 Å². The van der Waals surface area contributed by atoms with Crippen LogP contribution >= 0.6 is 0 Å². The highest BCUT2D eigenvalue weighted by molar-refractivity contribution is 4.84. The van der Waals surface area contributed by atoms with E-state index < -0.39 is 0 Å². The minimum absolute atomic E-state index is 0.807. The van der Waals surface area contributed by atoms with Gasteiger partial charge in [-0.25, -0.2) is 0 Å². The van der Waals surface area contributed by atoms with Crippen molar-refractivity contribution in [3.8, 4) is 12.3 Å². The van der Waals surface area contributed by atoms with E-state index in [0.717, 1.165) is 32.5 Å². The van der Waals surface area contributed by atoms with Crippen LogP contribution in [-0.2, 0) is 6.54 Å². The Balaban J connectivity index is 1.94. The fourth-order valence-electron chi connectivity index (χ4n) is 1.08. The summed E-state index contributed by atoms with van der Waals surface area (Å²) in [7, 11) is 0. The molecule has 0 aliphatic rings. The average Bonchev–Trinajstić information content (AvgIpc) is 2.63. The Morgan fingerprint density at radius 1 is 1.46 bits per heavy atom. The van der Waals surface area contributed by atoms with Gasteiger partial charge < -0.3 is 5.32 Å². The van der Waals surface area contributed by atoms with Crippen molar-refractivity contribution in [2.24, 2.45) is 0 Å². The van der Waals surface area contributed by atoms with E-state index >= 15 is 0 Å². The van der Waals surface area contributed by atoms with E-state index in [1.165, 1.54) is 0 Å². The number of aromatic nitrogens is 2. The van der Waals surface area contributed by atoms with Crippen molar-refractivity contribution >= 4 is 0 Å². The van der Waals surface area contributed by atoms with Gasteiger partial charge in [0.2, 0.25) is 0 Å². The molecule has 0 unspecified atom stereocenters. The molecule has 0 aliphatic carbocycles. The quantitative estimate of drug-likeness (QED) is 0.516. The molecule has 0 saturated heterocycles. The van der Waals surface area contributed by atoms with Crippen molar-refractivity contribution in [2.45, 2.75) is 19.4 Å². The van der Waals surface area contributed by atoms with E-state index in [1.807, 2.05) is 16.9 Å². The minimum Gasteiger partial charge on any atom is -0.316 e. The Morgan fingerprint density at radius 2 is 2.38 bits per heavy atom. The maximum Gasteiger partial charge on any atom is 0.0489 e. The Kier molecular flexibility index (Phi) is 4.73. The molecule has 0 saturated carbocycles.